The van der Waals surface area contributed by atoms with Gasteiger partial charge in [-0.15, -0.1) is 0 Å². The predicted octanol–water partition coefficient (Wildman–Crippen LogP) is 3.49. The quantitative estimate of drug-likeness (QED) is 0.398. The number of imide groups is 1. The van der Waals surface area contributed by atoms with E-state index >= 15 is 0 Å². The molecule has 2 aromatic rings. The summed E-state index contributed by atoms with van der Waals surface area (Å²) in [6.45, 7) is 2.21. The van der Waals surface area contributed by atoms with Crippen LogP contribution in [0.2, 0.25) is 0 Å². The number of ether oxygens (including phenoxy) is 1. The molecule has 0 radical (unpaired) electrons. The van der Waals surface area contributed by atoms with Crippen LogP contribution in [0.25, 0.3) is 0 Å². The van der Waals surface area contributed by atoms with E-state index in [0.29, 0.717) is 23.3 Å². The van der Waals surface area contributed by atoms with E-state index in [2.05, 4.69) is 0 Å². The average molecular weight is 459 g/mol. The second-order valence-corrected chi connectivity index (χ2v) is 10.0. The van der Waals surface area contributed by atoms with Gasteiger partial charge in [0.25, 0.3) is 0 Å². The number of hydrogen-bond acceptors (Lipinski definition) is 5. The third-order valence-electron chi connectivity index (χ3n) is 8.11. The number of carbonyl (C=O) groups excluding carboxylic acids is 4. The van der Waals surface area contributed by atoms with Gasteiger partial charge in [-0.3, -0.25) is 24.1 Å². The summed E-state index contributed by atoms with van der Waals surface area (Å²) < 4.78 is 5.54. The maximum atomic E-state index is 13.0. The van der Waals surface area contributed by atoms with Crippen molar-refractivity contribution in [3.05, 3.63) is 54.1 Å². The zero-order chi connectivity index (χ0) is 23.6. The Kier molecular flexibility index (Phi) is 4.83. The van der Waals surface area contributed by atoms with Gasteiger partial charge in [0.1, 0.15) is 5.75 Å². The lowest BCUT2D eigenvalue weighted by Crippen LogP contribution is -2.32. The Morgan fingerprint density at radius 2 is 1.56 bits per heavy atom. The molecule has 7 heteroatoms. The summed E-state index contributed by atoms with van der Waals surface area (Å²) >= 11 is 0. The van der Waals surface area contributed by atoms with E-state index in [4.69, 9.17) is 4.74 Å². The van der Waals surface area contributed by atoms with Crippen molar-refractivity contribution in [1.29, 1.82) is 0 Å². The number of carbonyl (C=O) groups is 4. The van der Waals surface area contributed by atoms with Crippen molar-refractivity contribution in [3.8, 4) is 5.75 Å². The van der Waals surface area contributed by atoms with Crippen LogP contribution in [0.4, 0.5) is 11.4 Å². The highest BCUT2D eigenvalue weighted by Gasteiger charge is 2.61. The Hall–Kier alpha value is -3.48. The first-order chi connectivity index (χ1) is 16.4. The van der Waals surface area contributed by atoms with E-state index < -0.39 is 11.9 Å². The number of esters is 1. The highest BCUT2D eigenvalue weighted by molar-refractivity contribution is 6.22. The summed E-state index contributed by atoms with van der Waals surface area (Å²) in [6, 6.07) is 14.1. The molecule has 174 valence electrons. The second-order valence-electron chi connectivity index (χ2n) is 10.0. The summed E-state index contributed by atoms with van der Waals surface area (Å²) in [5.41, 5.74) is 2.30. The molecule has 0 spiro atoms. The Labute approximate surface area is 197 Å². The molecule has 0 aromatic heterocycles. The Morgan fingerprint density at radius 1 is 0.912 bits per heavy atom. The molecule has 0 unspecified atom stereocenters. The number of anilines is 2. The summed E-state index contributed by atoms with van der Waals surface area (Å²) in [7, 11) is 0. The fourth-order valence-corrected chi connectivity index (χ4v) is 6.49. The molecule has 0 N–H and O–H groups in total. The number of benzene rings is 2. The van der Waals surface area contributed by atoms with Crippen molar-refractivity contribution in [2.75, 3.05) is 16.3 Å². The molecular formula is C27H26N2O5. The lowest BCUT2D eigenvalue weighted by Gasteiger charge is -2.19. The maximum Gasteiger partial charge on any atom is 0.316 e. The van der Waals surface area contributed by atoms with E-state index in [9.17, 15) is 19.2 Å². The number of nitrogens with zero attached hydrogens (tertiary/aromatic N) is 2. The minimum Gasteiger partial charge on any atom is -0.426 e. The number of fused-ring (bicyclic) bond motifs is 5. The normalized spacial score (nSPS) is 29.8. The molecule has 2 saturated carbocycles. The largest absolute Gasteiger partial charge is 0.426 e. The van der Waals surface area contributed by atoms with Crippen LogP contribution in [0.15, 0.2) is 48.5 Å². The van der Waals surface area contributed by atoms with Crippen LogP contribution in [-0.4, -0.2) is 30.2 Å². The van der Waals surface area contributed by atoms with Gasteiger partial charge in [0.15, 0.2) is 0 Å². The first kappa shape index (κ1) is 21.1. The van der Waals surface area contributed by atoms with Crippen LogP contribution in [0.1, 0.15) is 31.2 Å². The van der Waals surface area contributed by atoms with Crippen molar-refractivity contribution in [2.45, 2.75) is 32.6 Å². The second kappa shape index (κ2) is 7.79. The lowest BCUT2D eigenvalue weighted by molar-refractivity contribution is -0.139. The molecule has 2 bridgehead atoms. The molecule has 4 aliphatic rings. The van der Waals surface area contributed by atoms with Gasteiger partial charge < -0.3 is 9.64 Å². The first-order valence-corrected chi connectivity index (χ1v) is 12.0. The zero-order valence-electron chi connectivity index (χ0n) is 19.0. The summed E-state index contributed by atoms with van der Waals surface area (Å²) in [4.78, 5) is 54.3. The lowest BCUT2D eigenvalue weighted by atomic mass is 9.81. The van der Waals surface area contributed by atoms with Gasteiger partial charge in [0.05, 0.1) is 23.4 Å². The summed E-state index contributed by atoms with van der Waals surface area (Å²) in [5.74, 6) is -0.623. The average Bonchev–Trinajstić information content (AvgIpc) is 3.59. The number of rotatable bonds is 4. The van der Waals surface area contributed by atoms with Crippen molar-refractivity contribution < 1.29 is 23.9 Å². The van der Waals surface area contributed by atoms with Gasteiger partial charge >= 0.3 is 5.97 Å². The molecule has 2 aliphatic carbocycles. The van der Waals surface area contributed by atoms with Crippen molar-refractivity contribution in [1.82, 2.24) is 0 Å². The molecule has 7 nitrogen and oxygen atoms in total. The molecule has 6 rings (SSSR count). The smallest absolute Gasteiger partial charge is 0.316 e. The number of amides is 3. The van der Waals surface area contributed by atoms with Gasteiger partial charge in [0.2, 0.25) is 17.7 Å². The summed E-state index contributed by atoms with van der Waals surface area (Å²) in [5, 5.41) is 0. The van der Waals surface area contributed by atoms with Crippen LogP contribution in [0.5, 0.6) is 5.75 Å². The number of hydrogen-bond donors (Lipinski definition) is 0. The van der Waals surface area contributed by atoms with Crippen LogP contribution in [0.3, 0.4) is 0 Å². The van der Waals surface area contributed by atoms with E-state index in [0.717, 1.165) is 30.5 Å². The van der Waals surface area contributed by atoms with E-state index in [1.165, 1.54) is 4.90 Å². The standard InChI is InChI=1S/C27H26N2O5/c1-15-4-2-3-5-21(15)28-14-18(13-22(28)30)27(33)34-20-10-8-19(9-11-20)29-25(31)23-16-6-7-17(12-16)24(23)26(29)32/h2-5,8-11,16-18,23-24H,6-7,12-14H2,1H3/t16-,17-,18-,23-,24+/m0/s1. The molecule has 2 aliphatic heterocycles. The monoisotopic (exact) mass is 458 g/mol. The maximum absolute atomic E-state index is 13.0. The van der Waals surface area contributed by atoms with Crippen molar-refractivity contribution in [2.24, 2.45) is 29.6 Å². The van der Waals surface area contributed by atoms with E-state index in [1.54, 1.807) is 29.2 Å². The van der Waals surface area contributed by atoms with Gasteiger partial charge in [-0.1, -0.05) is 18.2 Å². The van der Waals surface area contributed by atoms with Gasteiger partial charge in [-0.05, 0) is 73.9 Å². The predicted molar refractivity (Wildman–Crippen MR) is 124 cm³/mol. The number of para-hydroxylation sites is 1. The van der Waals surface area contributed by atoms with Crippen molar-refractivity contribution >= 4 is 35.1 Å². The van der Waals surface area contributed by atoms with E-state index in [-0.39, 0.29) is 42.5 Å². The van der Waals surface area contributed by atoms with E-state index in [1.807, 2.05) is 31.2 Å². The first-order valence-electron chi connectivity index (χ1n) is 12.0. The molecule has 4 fully saturated rings. The van der Waals surface area contributed by atoms with Crippen LogP contribution in [-0.2, 0) is 19.2 Å². The minimum absolute atomic E-state index is 0.0901. The third kappa shape index (κ3) is 3.17. The minimum atomic E-state index is -0.552. The SMILES string of the molecule is Cc1ccccc1N1C[C@@H](C(=O)Oc2ccc(N3C(=O)[C@@H]4[C@H]5CC[C@@H](C5)[C@@H]4C3=O)cc2)CC1=O. The molecule has 5 atom stereocenters. The van der Waals surface area contributed by atoms with Gasteiger partial charge in [-0.25, -0.2) is 0 Å². The molecule has 2 aromatic carbocycles. The molecule has 3 amide bonds. The molecular weight excluding hydrogens is 432 g/mol. The fourth-order valence-electron chi connectivity index (χ4n) is 6.49. The van der Waals surface area contributed by atoms with Crippen LogP contribution in [0, 0.1) is 36.5 Å². The topological polar surface area (TPSA) is 84.0 Å². The van der Waals surface area contributed by atoms with Crippen molar-refractivity contribution in [3.63, 3.8) is 0 Å². The third-order valence-corrected chi connectivity index (χ3v) is 8.11. The number of aryl methyl sites for hydroxylation is 1. The van der Waals surface area contributed by atoms with Crippen LogP contribution >= 0.6 is 0 Å². The van der Waals surface area contributed by atoms with Crippen LogP contribution < -0.4 is 14.5 Å². The highest BCUT2D eigenvalue weighted by Crippen LogP contribution is 2.56. The highest BCUT2D eigenvalue weighted by atomic mass is 16.5. The Morgan fingerprint density at radius 3 is 2.21 bits per heavy atom. The Balaban J connectivity index is 1.13. The zero-order valence-corrected chi connectivity index (χ0v) is 19.0. The Bertz CT molecular complexity index is 1180. The molecule has 2 saturated heterocycles. The fraction of sp³-hybridized carbons (Fsp3) is 0.407. The van der Waals surface area contributed by atoms with Gasteiger partial charge in [0, 0.05) is 18.7 Å². The van der Waals surface area contributed by atoms with Gasteiger partial charge in [-0.2, -0.15) is 0 Å². The summed E-state index contributed by atoms with van der Waals surface area (Å²) in [6.07, 6.45) is 3.19. The molecule has 2 heterocycles. The molecule has 34 heavy (non-hydrogen) atoms.